The Morgan fingerprint density at radius 1 is 0.313 bits per heavy atom. The summed E-state index contributed by atoms with van der Waals surface area (Å²) in [5.74, 6) is -0.950. The smallest absolute Gasteiger partial charge is 0.306 e. The van der Waals surface area contributed by atoms with Crippen LogP contribution < -0.4 is 0 Å². The van der Waals surface area contributed by atoms with Gasteiger partial charge in [-0.25, -0.2) is 0 Å². The third kappa shape index (κ3) is 53.4. The average molecular weight is 933 g/mol. The average Bonchev–Trinajstić information content (AvgIpc) is 3.33. The third-order valence-electron chi connectivity index (χ3n) is 11.9. The van der Waals surface area contributed by atoms with Gasteiger partial charge >= 0.3 is 17.9 Å². The summed E-state index contributed by atoms with van der Waals surface area (Å²) in [4.78, 5) is 38.1. The Balaban J connectivity index is 4.42. The standard InChI is InChI=1S/C61H104O6/c1-4-7-10-13-16-19-22-25-28-29-30-31-34-36-39-42-45-48-51-54-60(63)66-57-58(67-61(64)55-52-49-46-43-40-37-33-27-24-21-18-15-12-9-6-3)56-65-59(62)53-50-47-44-41-38-35-32-26-23-20-17-14-11-8-5-2/h8-9,11-12,17-18,20-21,26-27,32-33,38,41,58H,4-7,10,13-16,19,22-25,28-31,34-37,39-40,42-57H2,1-3H3/b11-8-,12-9-,20-17-,21-18-,32-26-,33-27-,41-38-/t58-/m1/s1. The van der Waals surface area contributed by atoms with Gasteiger partial charge in [0.15, 0.2) is 6.10 Å². The van der Waals surface area contributed by atoms with Crippen LogP contribution in [0.25, 0.3) is 0 Å². The first-order valence-electron chi connectivity index (χ1n) is 28.1. The van der Waals surface area contributed by atoms with Crippen LogP contribution in [-0.4, -0.2) is 37.2 Å². The zero-order valence-corrected chi connectivity index (χ0v) is 43.9. The first kappa shape index (κ1) is 63.6. The third-order valence-corrected chi connectivity index (χ3v) is 11.9. The molecule has 0 saturated carbocycles. The molecule has 0 rings (SSSR count). The molecule has 0 radical (unpaired) electrons. The second-order valence-corrected chi connectivity index (χ2v) is 18.4. The minimum atomic E-state index is -0.802. The lowest BCUT2D eigenvalue weighted by Gasteiger charge is -2.18. The molecule has 0 spiro atoms. The van der Waals surface area contributed by atoms with Crippen molar-refractivity contribution in [3.05, 3.63) is 85.1 Å². The molecule has 0 aliphatic carbocycles. The van der Waals surface area contributed by atoms with Crippen molar-refractivity contribution in [2.24, 2.45) is 0 Å². The maximum absolute atomic E-state index is 12.8. The van der Waals surface area contributed by atoms with E-state index in [9.17, 15) is 14.4 Å². The molecule has 0 N–H and O–H groups in total. The highest BCUT2D eigenvalue weighted by Gasteiger charge is 2.19. The molecule has 0 aliphatic heterocycles. The Hall–Kier alpha value is -3.41. The van der Waals surface area contributed by atoms with E-state index in [1.807, 2.05) is 0 Å². The van der Waals surface area contributed by atoms with E-state index in [0.717, 1.165) is 122 Å². The largest absolute Gasteiger partial charge is 0.462 e. The quantitative estimate of drug-likeness (QED) is 0.0262. The number of carbonyl (C=O) groups excluding carboxylic acids is 3. The second-order valence-electron chi connectivity index (χ2n) is 18.4. The number of hydrogen-bond acceptors (Lipinski definition) is 6. The summed E-state index contributed by atoms with van der Waals surface area (Å²) in [7, 11) is 0. The van der Waals surface area contributed by atoms with Crippen LogP contribution in [0, 0.1) is 0 Å². The lowest BCUT2D eigenvalue weighted by atomic mass is 10.0. The van der Waals surface area contributed by atoms with Gasteiger partial charge in [0, 0.05) is 19.3 Å². The van der Waals surface area contributed by atoms with Gasteiger partial charge in [0.25, 0.3) is 0 Å². The highest BCUT2D eigenvalue weighted by molar-refractivity contribution is 5.71. The monoisotopic (exact) mass is 933 g/mol. The normalized spacial score (nSPS) is 12.7. The lowest BCUT2D eigenvalue weighted by Crippen LogP contribution is -2.30. The van der Waals surface area contributed by atoms with Gasteiger partial charge in [0.2, 0.25) is 0 Å². The number of unbranched alkanes of at least 4 members (excludes halogenated alkanes) is 25. The van der Waals surface area contributed by atoms with Crippen LogP contribution in [0.3, 0.4) is 0 Å². The minimum Gasteiger partial charge on any atom is -0.462 e. The fraction of sp³-hybridized carbons (Fsp3) is 0.721. The number of esters is 3. The van der Waals surface area contributed by atoms with Crippen molar-refractivity contribution >= 4 is 17.9 Å². The fourth-order valence-electron chi connectivity index (χ4n) is 7.74. The first-order chi connectivity index (χ1) is 33.0. The van der Waals surface area contributed by atoms with Gasteiger partial charge in [-0.15, -0.1) is 0 Å². The molecular formula is C61H104O6. The molecule has 6 heteroatoms. The van der Waals surface area contributed by atoms with E-state index in [1.54, 1.807) is 0 Å². The maximum atomic E-state index is 12.8. The number of carbonyl (C=O) groups is 3. The summed E-state index contributed by atoms with van der Waals surface area (Å²) in [6.07, 6.45) is 71.5. The van der Waals surface area contributed by atoms with E-state index >= 15 is 0 Å². The summed E-state index contributed by atoms with van der Waals surface area (Å²) >= 11 is 0. The summed E-state index contributed by atoms with van der Waals surface area (Å²) in [5, 5.41) is 0. The zero-order chi connectivity index (χ0) is 48.6. The van der Waals surface area contributed by atoms with Gasteiger partial charge < -0.3 is 14.2 Å². The molecule has 6 nitrogen and oxygen atoms in total. The SMILES string of the molecule is CC/C=C\C/C=C\C/C=C\C/C=C\CCCCC(=O)OC[C@H](COC(=O)CCCCCCCCCCCCCCCCCCCCC)OC(=O)CCCCCCC/C=C\C/C=C\C/C=C\CC. The molecule has 384 valence electrons. The van der Waals surface area contributed by atoms with Crippen molar-refractivity contribution in [2.75, 3.05) is 13.2 Å². The van der Waals surface area contributed by atoms with Gasteiger partial charge in [-0.05, 0) is 89.9 Å². The van der Waals surface area contributed by atoms with Crippen LogP contribution in [-0.2, 0) is 28.6 Å². The van der Waals surface area contributed by atoms with Crippen molar-refractivity contribution in [2.45, 2.75) is 271 Å². The van der Waals surface area contributed by atoms with Gasteiger partial charge in [0.05, 0.1) is 0 Å². The first-order valence-corrected chi connectivity index (χ1v) is 28.1. The van der Waals surface area contributed by atoms with Gasteiger partial charge in [-0.2, -0.15) is 0 Å². The number of hydrogen-bond donors (Lipinski definition) is 0. The minimum absolute atomic E-state index is 0.0952. The number of ether oxygens (including phenoxy) is 3. The topological polar surface area (TPSA) is 78.9 Å². The molecular weight excluding hydrogens is 829 g/mol. The summed E-state index contributed by atoms with van der Waals surface area (Å²) in [5.41, 5.74) is 0. The molecule has 1 atom stereocenters. The van der Waals surface area contributed by atoms with Gasteiger partial charge in [-0.3, -0.25) is 14.4 Å². The summed E-state index contributed by atoms with van der Waals surface area (Å²) in [6, 6.07) is 0. The lowest BCUT2D eigenvalue weighted by molar-refractivity contribution is -0.167. The van der Waals surface area contributed by atoms with Crippen LogP contribution in [0.15, 0.2) is 85.1 Å². The van der Waals surface area contributed by atoms with E-state index < -0.39 is 6.10 Å². The molecule has 0 aliphatic rings. The Morgan fingerprint density at radius 2 is 0.582 bits per heavy atom. The summed E-state index contributed by atoms with van der Waals surface area (Å²) in [6.45, 7) is 6.38. The van der Waals surface area contributed by atoms with Crippen molar-refractivity contribution in [1.29, 1.82) is 0 Å². The molecule has 0 fully saturated rings. The Morgan fingerprint density at radius 3 is 0.940 bits per heavy atom. The van der Waals surface area contributed by atoms with E-state index in [-0.39, 0.29) is 31.1 Å². The molecule has 0 aromatic carbocycles. The fourth-order valence-corrected chi connectivity index (χ4v) is 7.74. The highest BCUT2D eigenvalue weighted by Crippen LogP contribution is 2.16. The zero-order valence-electron chi connectivity index (χ0n) is 43.9. The van der Waals surface area contributed by atoms with Crippen molar-refractivity contribution < 1.29 is 28.6 Å². The van der Waals surface area contributed by atoms with E-state index in [0.29, 0.717) is 19.3 Å². The second kappa shape index (κ2) is 55.2. The van der Waals surface area contributed by atoms with E-state index in [1.165, 1.54) is 103 Å². The van der Waals surface area contributed by atoms with Crippen molar-refractivity contribution in [3.8, 4) is 0 Å². The van der Waals surface area contributed by atoms with Crippen LogP contribution in [0.2, 0.25) is 0 Å². The van der Waals surface area contributed by atoms with Crippen LogP contribution in [0.5, 0.6) is 0 Å². The molecule has 0 heterocycles. The maximum Gasteiger partial charge on any atom is 0.306 e. The van der Waals surface area contributed by atoms with Crippen LogP contribution in [0.4, 0.5) is 0 Å². The number of rotatable bonds is 50. The molecule has 0 saturated heterocycles. The van der Waals surface area contributed by atoms with E-state index in [4.69, 9.17) is 14.2 Å². The summed E-state index contributed by atoms with van der Waals surface area (Å²) < 4.78 is 16.8. The molecule has 67 heavy (non-hydrogen) atoms. The molecule has 0 aromatic rings. The van der Waals surface area contributed by atoms with E-state index in [2.05, 4.69) is 106 Å². The molecule has 0 aromatic heterocycles. The van der Waals surface area contributed by atoms with Crippen molar-refractivity contribution in [1.82, 2.24) is 0 Å². The molecule has 0 unspecified atom stereocenters. The molecule has 0 amide bonds. The number of allylic oxidation sites excluding steroid dienone is 14. The van der Waals surface area contributed by atoms with Crippen LogP contribution in [0.1, 0.15) is 265 Å². The Labute approximate surface area is 414 Å². The van der Waals surface area contributed by atoms with Crippen LogP contribution >= 0.6 is 0 Å². The van der Waals surface area contributed by atoms with Gasteiger partial charge in [-0.1, -0.05) is 241 Å². The predicted molar refractivity (Wildman–Crippen MR) is 288 cm³/mol. The molecule has 0 bridgehead atoms. The van der Waals surface area contributed by atoms with Crippen molar-refractivity contribution in [3.63, 3.8) is 0 Å². The predicted octanol–water partition coefficient (Wildman–Crippen LogP) is 18.8. The Kier molecular flexibility index (Phi) is 52.4. The highest BCUT2D eigenvalue weighted by atomic mass is 16.6. The van der Waals surface area contributed by atoms with Gasteiger partial charge in [0.1, 0.15) is 13.2 Å². The Bertz CT molecular complexity index is 1300.